The van der Waals surface area contributed by atoms with Gasteiger partial charge in [-0.25, -0.2) is 0 Å². The van der Waals surface area contributed by atoms with E-state index in [1.165, 1.54) is 37.9 Å². The van der Waals surface area contributed by atoms with Crippen LogP contribution in [0, 0.1) is 5.92 Å². The van der Waals surface area contributed by atoms with E-state index in [4.69, 9.17) is 4.42 Å². The van der Waals surface area contributed by atoms with Crippen LogP contribution in [0.4, 0.5) is 0 Å². The summed E-state index contributed by atoms with van der Waals surface area (Å²) in [4.78, 5) is 2.56. The van der Waals surface area contributed by atoms with Crippen molar-refractivity contribution in [3.8, 4) is 0 Å². The van der Waals surface area contributed by atoms with E-state index in [9.17, 15) is 0 Å². The quantitative estimate of drug-likeness (QED) is 0.754. The first kappa shape index (κ1) is 13.6. The number of hydrogen-bond acceptors (Lipinski definition) is 3. The van der Waals surface area contributed by atoms with Crippen molar-refractivity contribution in [2.75, 3.05) is 19.6 Å². The lowest BCUT2D eigenvalue weighted by Gasteiger charge is -2.15. The number of nitrogens with zero attached hydrogens (tertiary/aromatic N) is 1. The van der Waals surface area contributed by atoms with Crippen molar-refractivity contribution in [2.24, 2.45) is 5.92 Å². The summed E-state index contributed by atoms with van der Waals surface area (Å²) < 4.78 is 5.59. The molecule has 0 spiro atoms. The minimum Gasteiger partial charge on any atom is -0.468 e. The van der Waals surface area contributed by atoms with Gasteiger partial charge in [-0.15, -0.1) is 0 Å². The Hall–Kier alpha value is -0.800. The highest BCUT2D eigenvalue weighted by Gasteiger charge is 2.21. The van der Waals surface area contributed by atoms with E-state index in [1.54, 1.807) is 0 Å². The standard InChI is InChI=1S/C15H26N2O/c1-3-7-16-10-15-14(6-9-18-15)12-17-8-5-13(4-2)11-17/h6,9,13,16H,3-5,7-8,10-12H2,1-2H3. The molecule has 0 aromatic carbocycles. The van der Waals surface area contributed by atoms with Crippen LogP contribution in [0.2, 0.25) is 0 Å². The monoisotopic (exact) mass is 250 g/mol. The zero-order valence-corrected chi connectivity index (χ0v) is 11.7. The van der Waals surface area contributed by atoms with Gasteiger partial charge in [-0.2, -0.15) is 0 Å². The first-order chi connectivity index (χ1) is 8.83. The molecule has 1 aliphatic rings. The van der Waals surface area contributed by atoms with Crippen molar-refractivity contribution in [3.05, 3.63) is 23.7 Å². The molecule has 0 aliphatic carbocycles. The molecule has 1 atom stereocenters. The predicted octanol–water partition coefficient (Wildman–Crippen LogP) is 3.01. The summed E-state index contributed by atoms with van der Waals surface area (Å²) in [5.41, 5.74) is 1.36. The van der Waals surface area contributed by atoms with Gasteiger partial charge in [-0.3, -0.25) is 4.90 Å². The summed E-state index contributed by atoms with van der Waals surface area (Å²) in [6, 6.07) is 2.13. The van der Waals surface area contributed by atoms with Gasteiger partial charge >= 0.3 is 0 Å². The summed E-state index contributed by atoms with van der Waals surface area (Å²) >= 11 is 0. The lowest BCUT2D eigenvalue weighted by atomic mass is 10.1. The number of rotatable bonds is 7. The van der Waals surface area contributed by atoms with E-state index < -0.39 is 0 Å². The molecule has 1 aliphatic heterocycles. The fourth-order valence-corrected chi connectivity index (χ4v) is 2.67. The maximum Gasteiger partial charge on any atom is 0.122 e. The second-order valence-corrected chi connectivity index (χ2v) is 5.34. The molecule has 1 saturated heterocycles. The van der Waals surface area contributed by atoms with E-state index in [2.05, 4.69) is 30.1 Å². The molecule has 1 fully saturated rings. The summed E-state index contributed by atoms with van der Waals surface area (Å²) in [5, 5.41) is 3.41. The lowest BCUT2D eigenvalue weighted by molar-refractivity contribution is 0.311. The van der Waals surface area contributed by atoms with E-state index in [-0.39, 0.29) is 0 Å². The molecule has 0 radical (unpaired) electrons. The summed E-state index contributed by atoms with van der Waals surface area (Å²) in [7, 11) is 0. The van der Waals surface area contributed by atoms with Crippen molar-refractivity contribution in [3.63, 3.8) is 0 Å². The molecule has 3 nitrogen and oxygen atoms in total. The summed E-state index contributed by atoms with van der Waals surface area (Å²) in [5.74, 6) is 2.02. The molecular weight excluding hydrogens is 224 g/mol. The average Bonchev–Trinajstić information content (AvgIpc) is 3.00. The molecule has 0 amide bonds. The third-order valence-corrected chi connectivity index (χ3v) is 3.89. The minimum atomic E-state index is 0.862. The minimum absolute atomic E-state index is 0.862. The van der Waals surface area contributed by atoms with Crippen LogP contribution in [0.1, 0.15) is 44.4 Å². The van der Waals surface area contributed by atoms with E-state index in [0.29, 0.717) is 0 Å². The molecule has 1 N–H and O–H groups in total. The van der Waals surface area contributed by atoms with Crippen molar-refractivity contribution in [1.29, 1.82) is 0 Å². The largest absolute Gasteiger partial charge is 0.468 e. The van der Waals surface area contributed by atoms with Crippen LogP contribution in [-0.4, -0.2) is 24.5 Å². The number of hydrogen-bond donors (Lipinski definition) is 1. The lowest BCUT2D eigenvalue weighted by Crippen LogP contribution is -2.21. The zero-order chi connectivity index (χ0) is 12.8. The Labute approximate surface area is 111 Å². The van der Waals surface area contributed by atoms with Crippen molar-refractivity contribution >= 4 is 0 Å². The van der Waals surface area contributed by atoms with E-state index in [1.807, 2.05) is 6.26 Å². The van der Waals surface area contributed by atoms with Gasteiger partial charge in [0.1, 0.15) is 5.76 Å². The van der Waals surface area contributed by atoms with E-state index >= 15 is 0 Å². The molecule has 18 heavy (non-hydrogen) atoms. The Balaban J connectivity index is 1.84. The Morgan fingerprint density at radius 1 is 1.44 bits per heavy atom. The molecule has 1 unspecified atom stereocenters. The molecule has 0 saturated carbocycles. The zero-order valence-electron chi connectivity index (χ0n) is 11.7. The molecular formula is C15H26N2O. The molecule has 3 heteroatoms. The molecule has 1 aromatic rings. The van der Waals surface area contributed by atoms with Crippen LogP contribution in [0.5, 0.6) is 0 Å². The smallest absolute Gasteiger partial charge is 0.122 e. The number of nitrogens with one attached hydrogen (secondary N) is 1. The van der Waals surface area contributed by atoms with Crippen LogP contribution >= 0.6 is 0 Å². The number of furan rings is 1. The van der Waals surface area contributed by atoms with Gasteiger partial charge in [0.05, 0.1) is 12.8 Å². The Morgan fingerprint density at radius 2 is 2.33 bits per heavy atom. The topological polar surface area (TPSA) is 28.4 Å². The molecule has 1 aromatic heterocycles. The first-order valence-electron chi connectivity index (χ1n) is 7.31. The highest BCUT2D eigenvalue weighted by molar-refractivity contribution is 5.17. The molecule has 2 rings (SSSR count). The Morgan fingerprint density at radius 3 is 3.06 bits per heavy atom. The molecule has 0 bridgehead atoms. The van der Waals surface area contributed by atoms with Crippen molar-refractivity contribution in [1.82, 2.24) is 10.2 Å². The van der Waals surface area contributed by atoms with Crippen molar-refractivity contribution < 1.29 is 4.42 Å². The third kappa shape index (κ3) is 3.59. The van der Waals surface area contributed by atoms with Crippen molar-refractivity contribution in [2.45, 2.75) is 46.2 Å². The maximum absolute atomic E-state index is 5.59. The highest BCUT2D eigenvalue weighted by atomic mass is 16.3. The second kappa shape index (κ2) is 6.95. The fourth-order valence-electron chi connectivity index (χ4n) is 2.67. The van der Waals surface area contributed by atoms with Gasteiger partial charge in [0.2, 0.25) is 0 Å². The van der Waals surface area contributed by atoms with Crippen LogP contribution < -0.4 is 5.32 Å². The normalized spacial score (nSPS) is 20.7. The fraction of sp³-hybridized carbons (Fsp3) is 0.733. The van der Waals surface area contributed by atoms with Crippen LogP contribution in [0.15, 0.2) is 16.7 Å². The summed E-state index contributed by atoms with van der Waals surface area (Å²) in [6.07, 6.45) is 5.66. The highest BCUT2D eigenvalue weighted by Crippen LogP contribution is 2.22. The molecule has 2 heterocycles. The number of likely N-dealkylation sites (tertiary alicyclic amines) is 1. The van der Waals surface area contributed by atoms with Gasteiger partial charge in [0.15, 0.2) is 0 Å². The van der Waals surface area contributed by atoms with Gasteiger partial charge in [-0.05, 0) is 37.9 Å². The Bertz CT molecular complexity index is 348. The van der Waals surface area contributed by atoms with Crippen LogP contribution in [0.3, 0.4) is 0 Å². The molecule has 102 valence electrons. The predicted molar refractivity (Wildman–Crippen MR) is 74.4 cm³/mol. The van der Waals surface area contributed by atoms with Gasteiger partial charge < -0.3 is 9.73 Å². The van der Waals surface area contributed by atoms with Gasteiger partial charge in [-0.1, -0.05) is 20.3 Å². The van der Waals surface area contributed by atoms with Crippen LogP contribution in [-0.2, 0) is 13.1 Å². The summed E-state index contributed by atoms with van der Waals surface area (Å²) in [6.45, 7) is 9.95. The maximum atomic E-state index is 5.59. The van der Waals surface area contributed by atoms with Gasteiger partial charge in [0.25, 0.3) is 0 Å². The Kier molecular flexibility index (Phi) is 5.26. The SMILES string of the molecule is CCCNCc1occc1CN1CCC(CC)C1. The van der Waals surface area contributed by atoms with Gasteiger partial charge in [0, 0.05) is 18.7 Å². The van der Waals surface area contributed by atoms with E-state index in [0.717, 1.165) is 31.3 Å². The second-order valence-electron chi connectivity index (χ2n) is 5.34. The average molecular weight is 250 g/mol. The third-order valence-electron chi connectivity index (χ3n) is 3.89. The van der Waals surface area contributed by atoms with Crippen LogP contribution in [0.25, 0.3) is 0 Å². The first-order valence-corrected chi connectivity index (χ1v) is 7.31.